The molecule has 98 valence electrons. The number of aromatic nitrogens is 1. The van der Waals surface area contributed by atoms with Crippen molar-refractivity contribution in [1.29, 1.82) is 0 Å². The first kappa shape index (κ1) is 14.6. The van der Waals surface area contributed by atoms with E-state index in [4.69, 9.17) is 4.74 Å². The van der Waals surface area contributed by atoms with Crippen LogP contribution < -0.4 is 5.32 Å². The molecule has 1 heterocycles. The molecule has 0 amide bonds. The molecule has 1 aromatic heterocycles. The number of thiazole rings is 1. The van der Waals surface area contributed by atoms with Crippen LogP contribution in [-0.2, 0) is 10.3 Å². The second-order valence-corrected chi connectivity index (χ2v) is 5.27. The maximum atomic E-state index is 5.97. The molecule has 1 N–H and O–H groups in total. The molecule has 0 radical (unpaired) electrons. The zero-order valence-corrected chi connectivity index (χ0v) is 12.4. The Balaban J connectivity index is 2.99. The third kappa shape index (κ3) is 3.06. The van der Waals surface area contributed by atoms with Crippen molar-refractivity contribution < 1.29 is 4.74 Å². The zero-order chi connectivity index (χ0) is 12.9. The van der Waals surface area contributed by atoms with E-state index in [0.717, 1.165) is 24.5 Å². The van der Waals surface area contributed by atoms with Crippen molar-refractivity contribution in [3.05, 3.63) is 16.1 Å². The van der Waals surface area contributed by atoms with E-state index >= 15 is 0 Å². The van der Waals surface area contributed by atoms with Crippen molar-refractivity contribution in [2.24, 2.45) is 0 Å². The van der Waals surface area contributed by atoms with Crippen molar-refractivity contribution in [2.45, 2.75) is 52.2 Å². The fraction of sp³-hybridized carbons (Fsp3) is 0.769. The maximum Gasteiger partial charge on any atom is 0.125 e. The van der Waals surface area contributed by atoms with Gasteiger partial charge in [-0.15, -0.1) is 11.3 Å². The molecular formula is C13H24N2OS. The standard InChI is InChI=1S/C13H24N2OS/c1-6-13(7-2,16-8-3)12-15-9-11(17-12)10(4)14-5/h9-10,14H,6-8H2,1-5H3. The molecule has 1 atom stereocenters. The van der Waals surface area contributed by atoms with Gasteiger partial charge in [-0.3, -0.25) is 0 Å². The zero-order valence-electron chi connectivity index (χ0n) is 11.5. The molecule has 1 rings (SSSR count). The molecule has 3 nitrogen and oxygen atoms in total. The average Bonchev–Trinajstić information content (AvgIpc) is 2.85. The van der Waals surface area contributed by atoms with E-state index < -0.39 is 0 Å². The van der Waals surface area contributed by atoms with Crippen molar-refractivity contribution in [3.63, 3.8) is 0 Å². The number of hydrogen-bond acceptors (Lipinski definition) is 4. The second-order valence-electron chi connectivity index (χ2n) is 4.21. The fourth-order valence-corrected chi connectivity index (χ4v) is 3.20. The van der Waals surface area contributed by atoms with Gasteiger partial charge in [-0.05, 0) is 33.7 Å². The predicted octanol–water partition coefficient (Wildman–Crippen LogP) is 3.48. The lowest BCUT2D eigenvalue weighted by Crippen LogP contribution is -2.28. The molecule has 0 aliphatic heterocycles. The Morgan fingerprint density at radius 2 is 2.06 bits per heavy atom. The first-order chi connectivity index (χ1) is 8.13. The Kier molecular flexibility index (Phi) is 5.56. The SMILES string of the molecule is CCOC(CC)(CC)c1ncc(C(C)NC)s1. The van der Waals surface area contributed by atoms with E-state index in [1.807, 2.05) is 20.2 Å². The molecule has 17 heavy (non-hydrogen) atoms. The van der Waals surface area contributed by atoms with Gasteiger partial charge in [-0.25, -0.2) is 4.98 Å². The minimum atomic E-state index is -0.189. The van der Waals surface area contributed by atoms with Crippen molar-refractivity contribution in [2.75, 3.05) is 13.7 Å². The summed E-state index contributed by atoms with van der Waals surface area (Å²) in [5.74, 6) is 0. The summed E-state index contributed by atoms with van der Waals surface area (Å²) in [5, 5.41) is 4.36. The van der Waals surface area contributed by atoms with Crippen LogP contribution in [0.5, 0.6) is 0 Å². The largest absolute Gasteiger partial charge is 0.368 e. The molecule has 0 aromatic carbocycles. The van der Waals surface area contributed by atoms with Gasteiger partial charge in [-0.1, -0.05) is 13.8 Å². The molecule has 0 saturated carbocycles. The quantitative estimate of drug-likeness (QED) is 0.811. The molecular weight excluding hydrogens is 232 g/mol. The summed E-state index contributed by atoms with van der Waals surface area (Å²) in [6.07, 6.45) is 3.91. The lowest BCUT2D eigenvalue weighted by atomic mass is 9.98. The van der Waals surface area contributed by atoms with E-state index in [0.29, 0.717) is 6.04 Å². The van der Waals surface area contributed by atoms with Gasteiger partial charge in [0.15, 0.2) is 0 Å². The summed E-state index contributed by atoms with van der Waals surface area (Å²) >= 11 is 1.76. The number of nitrogens with one attached hydrogen (secondary N) is 1. The van der Waals surface area contributed by atoms with E-state index in [9.17, 15) is 0 Å². The second kappa shape index (κ2) is 6.47. The van der Waals surface area contributed by atoms with Crippen molar-refractivity contribution in [3.8, 4) is 0 Å². The molecule has 0 spiro atoms. The predicted molar refractivity (Wildman–Crippen MR) is 73.5 cm³/mol. The third-order valence-corrected chi connectivity index (χ3v) is 4.70. The van der Waals surface area contributed by atoms with Gasteiger partial charge >= 0.3 is 0 Å². The summed E-state index contributed by atoms with van der Waals surface area (Å²) in [5.41, 5.74) is -0.189. The highest BCUT2D eigenvalue weighted by atomic mass is 32.1. The van der Waals surface area contributed by atoms with Crippen molar-refractivity contribution >= 4 is 11.3 Å². The summed E-state index contributed by atoms with van der Waals surface area (Å²) in [7, 11) is 1.97. The monoisotopic (exact) mass is 256 g/mol. The topological polar surface area (TPSA) is 34.1 Å². The van der Waals surface area contributed by atoms with E-state index in [1.165, 1.54) is 4.88 Å². The Morgan fingerprint density at radius 3 is 2.53 bits per heavy atom. The normalized spacial score (nSPS) is 13.9. The smallest absolute Gasteiger partial charge is 0.125 e. The summed E-state index contributed by atoms with van der Waals surface area (Å²) < 4.78 is 5.97. The van der Waals surface area contributed by atoms with Gasteiger partial charge in [0.1, 0.15) is 10.6 Å². The highest BCUT2D eigenvalue weighted by Gasteiger charge is 2.32. The van der Waals surface area contributed by atoms with Gasteiger partial charge in [-0.2, -0.15) is 0 Å². The van der Waals surface area contributed by atoms with Gasteiger partial charge in [0, 0.05) is 23.7 Å². The Morgan fingerprint density at radius 1 is 1.41 bits per heavy atom. The lowest BCUT2D eigenvalue weighted by molar-refractivity contribution is -0.0506. The van der Waals surface area contributed by atoms with Gasteiger partial charge in [0.25, 0.3) is 0 Å². The molecule has 4 heteroatoms. The fourth-order valence-electron chi connectivity index (χ4n) is 1.93. The molecule has 0 fully saturated rings. The maximum absolute atomic E-state index is 5.97. The van der Waals surface area contributed by atoms with Crippen LogP contribution in [0, 0.1) is 0 Å². The molecule has 1 aromatic rings. The van der Waals surface area contributed by atoms with Crippen LogP contribution in [0.3, 0.4) is 0 Å². The summed E-state index contributed by atoms with van der Waals surface area (Å²) in [4.78, 5) is 5.84. The van der Waals surface area contributed by atoms with Crippen LogP contribution in [0.15, 0.2) is 6.20 Å². The van der Waals surface area contributed by atoms with E-state index in [-0.39, 0.29) is 5.60 Å². The third-order valence-electron chi connectivity index (χ3n) is 3.34. The van der Waals surface area contributed by atoms with E-state index in [2.05, 4.69) is 31.1 Å². The highest BCUT2D eigenvalue weighted by molar-refractivity contribution is 7.11. The molecule has 0 saturated heterocycles. The Bertz CT molecular complexity index is 334. The molecule has 1 unspecified atom stereocenters. The first-order valence-corrected chi connectivity index (χ1v) is 7.22. The summed E-state index contributed by atoms with van der Waals surface area (Å²) in [6, 6.07) is 0.356. The van der Waals surface area contributed by atoms with Crippen LogP contribution >= 0.6 is 11.3 Å². The minimum Gasteiger partial charge on any atom is -0.368 e. The van der Waals surface area contributed by atoms with Crippen LogP contribution in [0.1, 0.15) is 56.5 Å². The first-order valence-electron chi connectivity index (χ1n) is 6.40. The van der Waals surface area contributed by atoms with Crippen LogP contribution in [0.4, 0.5) is 0 Å². The van der Waals surface area contributed by atoms with Crippen molar-refractivity contribution in [1.82, 2.24) is 10.3 Å². The molecule has 0 bridgehead atoms. The summed E-state index contributed by atoms with van der Waals surface area (Å²) in [6.45, 7) is 9.27. The van der Waals surface area contributed by atoms with E-state index in [1.54, 1.807) is 11.3 Å². The Labute approximate surface area is 109 Å². The number of hydrogen-bond donors (Lipinski definition) is 1. The molecule has 0 aliphatic carbocycles. The van der Waals surface area contributed by atoms with Crippen LogP contribution in [0.2, 0.25) is 0 Å². The minimum absolute atomic E-state index is 0.189. The lowest BCUT2D eigenvalue weighted by Gasteiger charge is -2.29. The highest BCUT2D eigenvalue weighted by Crippen LogP contribution is 2.36. The average molecular weight is 256 g/mol. The van der Waals surface area contributed by atoms with Crippen LogP contribution in [0.25, 0.3) is 0 Å². The number of rotatable bonds is 7. The Hall–Kier alpha value is -0.450. The van der Waals surface area contributed by atoms with Gasteiger partial charge in [0.05, 0.1) is 0 Å². The number of ether oxygens (including phenoxy) is 1. The number of nitrogens with zero attached hydrogens (tertiary/aromatic N) is 1. The van der Waals surface area contributed by atoms with Crippen LogP contribution in [-0.4, -0.2) is 18.6 Å². The molecule has 0 aliphatic rings. The van der Waals surface area contributed by atoms with Gasteiger partial charge < -0.3 is 10.1 Å². The van der Waals surface area contributed by atoms with Gasteiger partial charge in [0.2, 0.25) is 0 Å².